The van der Waals surface area contributed by atoms with E-state index < -0.39 is 0 Å². The third-order valence-corrected chi connectivity index (χ3v) is 3.17. The first kappa shape index (κ1) is 11.2. The van der Waals surface area contributed by atoms with Crippen molar-refractivity contribution in [1.82, 2.24) is 10.3 Å². The molecule has 3 rings (SSSR count). The van der Waals surface area contributed by atoms with Crippen molar-refractivity contribution in [2.75, 3.05) is 13.1 Å². The number of ether oxygens (including phenoxy) is 1. The van der Waals surface area contributed by atoms with Gasteiger partial charge in [0.2, 0.25) is 0 Å². The van der Waals surface area contributed by atoms with Crippen LogP contribution in [-0.2, 0) is 0 Å². The van der Waals surface area contributed by atoms with E-state index in [9.17, 15) is 0 Å². The van der Waals surface area contributed by atoms with Crippen LogP contribution in [0.3, 0.4) is 0 Å². The van der Waals surface area contributed by atoms with Gasteiger partial charge in [0.05, 0.1) is 0 Å². The molecule has 1 aromatic carbocycles. The van der Waals surface area contributed by atoms with Crippen LogP contribution in [0.15, 0.2) is 48.8 Å². The maximum Gasteiger partial charge on any atom is 0.119 e. The van der Waals surface area contributed by atoms with E-state index in [-0.39, 0.29) is 0 Å². The molecule has 0 aliphatic carbocycles. The van der Waals surface area contributed by atoms with Crippen LogP contribution in [-0.4, -0.2) is 24.2 Å². The van der Waals surface area contributed by atoms with E-state index in [1.807, 2.05) is 24.4 Å². The van der Waals surface area contributed by atoms with Gasteiger partial charge in [-0.3, -0.25) is 4.98 Å². The van der Waals surface area contributed by atoms with Gasteiger partial charge in [0.15, 0.2) is 0 Å². The Morgan fingerprint density at radius 3 is 2.67 bits per heavy atom. The molecule has 1 N–H and O–H groups in total. The Labute approximate surface area is 107 Å². The summed E-state index contributed by atoms with van der Waals surface area (Å²) < 4.78 is 5.89. The Bertz CT molecular complexity index is 490. The molecule has 1 aliphatic heterocycles. The van der Waals surface area contributed by atoms with Crippen LogP contribution in [0.25, 0.3) is 11.1 Å². The van der Waals surface area contributed by atoms with Crippen LogP contribution in [0, 0.1) is 0 Å². The van der Waals surface area contributed by atoms with Gasteiger partial charge in [-0.1, -0.05) is 18.2 Å². The highest BCUT2D eigenvalue weighted by Crippen LogP contribution is 2.22. The largest absolute Gasteiger partial charge is 0.489 e. The van der Waals surface area contributed by atoms with Crippen molar-refractivity contribution in [1.29, 1.82) is 0 Å². The lowest BCUT2D eigenvalue weighted by Crippen LogP contribution is -2.19. The second kappa shape index (κ2) is 5.19. The van der Waals surface area contributed by atoms with Crippen molar-refractivity contribution in [2.45, 2.75) is 12.5 Å². The quantitative estimate of drug-likeness (QED) is 0.895. The van der Waals surface area contributed by atoms with E-state index in [0.717, 1.165) is 30.8 Å². The Morgan fingerprint density at radius 1 is 1.11 bits per heavy atom. The lowest BCUT2D eigenvalue weighted by Gasteiger charge is -2.12. The minimum absolute atomic E-state index is 0.314. The van der Waals surface area contributed by atoms with Crippen molar-refractivity contribution in [3.8, 4) is 16.9 Å². The summed E-state index contributed by atoms with van der Waals surface area (Å²) in [6, 6.07) is 12.2. The van der Waals surface area contributed by atoms with Crippen molar-refractivity contribution < 1.29 is 4.74 Å². The molecule has 1 aromatic heterocycles. The second-order valence-corrected chi connectivity index (χ2v) is 4.50. The van der Waals surface area contributed by atoms with E-state index >= 15 is 0 Å². The fourth-order valence-electron chi connectivity index (χ4n) is 2.18. The highest BCUT2D eigenvalue weighted by atomic mass is 16.5. The lowest BCUT2D eigenvalue weighted by atomic mass is 10.1. The van der Waals surface area contributed by atoms with Crippen LogP contribution in [0.4, 0.5) is 0 Å². The van der Waals surface area contributed by atoms with E-state index in [4.69, 9.17) is 4.74 Å². The van der Waals surface area contributed by atoms with Crippen molar-refractivity contribution in [3.05, 3.63) is 48.8 Å². The van der Waals surface area contributed by atoms with Gasteiger partial charge in [0.25, 0.3) is 0 Å². The van der Waals surface area contributed by atoms with Gasteiger partial charge in [-0.15, -0.1) is 0 Å². The molecule has 1 atom stereocenters. The van der Waals surface area contributed by atoms with Gasteiger partial charge < -0.3 is 10.1 Å². The summed E-state index contributed by atoms with van der Waals surface area (Å²) in [7, 11) is 0. The van der Waals surface area contributed by atoms with Gasteiger partial charge in [-0.25, -0.2) is 0 Å². The molecule has 0 spiro atoms. The number of hydrogen-bond acceptors (Lipinski definition) is 3. The molecule has 1 aliphatic rings. The third kappa shape index (κ3) is 2.51. The second-order valence-electron chi connectivity index (χ2n) is 4.50. The molecule has 0 saturated carbocycles. The van der Waals surface area contributed by atoms with Crippen LogP contribution in [0.2, 0.25) is 0 Å². The number of hydrogen-bond donors (Lipinski definition) is 1. The first-order chi connectivity index (χ1) is 8.92. The first-order valence-corrected chi connectivity index (χ1v) is 6.30. The summed E-state index contributed by atoms with van der Waals surface area (Å²) in [5.41, 5.74) is 2.30. The molecule has 92 valence electrons. The number of aromatic nitrogens is 1. The first-order valence-electron chi connectivity index (χ1n) is 6.30. The SMILES string of the molecule is c1cncc(-c2ccc(OC3CCNC3)cc2)c1. The molecule has 0 amide bonds. The summed E-state index contributed by atoms with van der Waals surface area (Å²) in [4.78, 5) is 4.13. The molecule has 18 heavy (non-hydrogen) atoms. The molecular weight excluding hydrogens is 224 g/mol. The Balaban J connectivity index is 1.72. The topological polar surface area (TPSA) is 34.1 Å². The number of pyridine rings is 1. The minimum atomic E-state index is 0.314. The van der Waals surface area contributed by atoms with Crippen molar-refractivity contribution in [3.63, 3.8) is 0 Å². The molecule has 1 fully saturated rings. The summed E-state index contributed by atoms with van der Waals surface area (Å²) >= 11 is 0. The predicted octanol–water partition coefficient (Wildman–Crippen LogP) is 2.49. The van der Waals surface area contributed by atoms with E-state index in [2.05, 4.69) is 28.5 Å². The highest BCUT2D eigenvalue weighted by Gasteiger charge is 2.15. The number of nitrogens with zero attached hydrogens (tertiary/aromatic N) is 1. The summed E-state index contributed by atoms with van der Waals surface area (Å²) in [5.74, 6) is 0.941. The zero-order valence-corrected chi connectivity index (χ0v) is 10.2. The maximum absolute atomic E-state index is 5.89. The van der Waals surface area contributed by atoms with Crippen LogP contribution in [0.5, 0.6) is 5.75 Å². The third-order valence-electron chi connectivity index (χ3n) is 3.17. The summed E-state index contributed by atoms with van der Waals surface area (Å²) in [6.45, 7) is 2.00. The minimum Gasteiger partial charge on any atom is -0.489 e. The summed E-state index contributed by atoms with van der Waals surface area (Å²) in [5, 5.41) is 3.30. The fourth-order valence-corrected chi connectivity index (χ4v) is 2.18. The summed E-state index contributed by atoms with van der Waals surface area (Å²) in [6.07, 6.45) is 5.06. The number of nitrogens with one attached hydrogen (secondary N) is 1. The number of benzene rings is 1. The fraction of sp³-hybridized carbons (Fsp3) is 0.267. The molecule has 1 unspecified atom stereocenters. The maximum atomic E-state index is 5.89. The van der Waals surface area contributed by atoms with Gasteiger partial charge in [0, 0.05) is 18.9 Å². The molecule has 2 heterocycles. The van der Waals surface area contributed by atoms with Gasteiger partial charge in [-0.05, 0) is 42.3 Å². The smallest absolute Gasteiger partial charge is 0.119 e. The van der Waals surface area contributed by atoms with Crippen molar-refractivity contribution in [2.24, 2.45) is 0 Å². The van der Waals surface area contributed by atoms with Gasteiger partial charge in [-0.2, -0.15) is 0 Å². The zero-order chi connectivity index (χ0) is 12.2. The van der Waals surface area contributed by atoms with Gasteiger partial charge >= 0.3 is 0 Å². The Morgan fingerprint density at radius 2 is 2.00 bits per heavy atom. The predicted molar refractivity (Wildman–Crippen MR) is 71.6 cm³/mol. The lowest BCUT2D eigenvalue weighted by molar-refractivity contribution is 0.223. The Kier molecular flexibility index (Phi) is 3.24. The standard InChI is InChI=1S/C15H16N2O/c1-2-13(10-16-8-1)12-3-5-14(6-4-12)18-15-7-9-17-11-15/h1-6,8,10,15,17H,7,9,11H2. The van der Waals surface area contributed by atoms with E-state index in [0.29, 0.717) is 6.10 Å². The number of rotatable bonds is 3. The highest BCUT2D eigenvalue weighted by molar-refractivity contribution is 5.62. The molecule has 3 heteroatoms. The van der Waals surface area contributed by atoms with E-state index in [1.165, 1.54) is 5.56 Å². The molecule has 3 nitrogen and oxygen atoms in total. The van der Waals surface area contributed by atoms with E-state index in [1.54, 1.807) is 6.20 Å². The molecule has 1 saturated heterocycles. The average Bonchev–Trinajstić information content (AvgIpc) is 2.94. The van der Waals surface area contributed by atoms with Crippen molar-refractivity contribution >= 4 is 0 Å². The van der Waals surface area contributed by atoms with Gasteiger partial charge in [0.1, 0.15) is 11.9 Å². The molecular formula is C15H16N2O. The van der Waals surface area contributed by atoms with Crippen LogP contribution < -0.4 is 10.1 Å². The monoisotopic (exact) mass is 240 g/mol. The molecule has 0 bridgehead atoms. The molecule has 2 aromatic rings. The van der Waals surface area contributed by atoms with Crippen LogP contribution >= 0.6 is 0 Å². The molecule has 0 radical (unpaired) electrons. The Hall–Kier alpha value is -1.87. The zero-order valence-electron chi connectivity index (χ0n) is 10.2. The normalized spacial score (nSPS) is 18.8. The average molecular weight is 240 g/mol. The van der Waals surface area contributed by atoms with Crippen LogP contribution in [0.1, 0.15) is 6.42 Å².